The van der Waals surface area contributed by atoms with E-state index < -0.39 is 0 Å². The highest BCUT2D eigenvalue weighted by Gasteiger charge is 2.06. The predicted octanol–water partition coefficient (Wildman–Crippen LogP) is 5.98. The second-order valence-corrected chi connectivity index (χ2v) is 8.31. The van der Waals surface area contributed by atoms with Crippen LogP contribution in [0.25, 0.3) is 11.3 Å². The molecule has 1 heterocycles. The summed E-state index contributed by atoms with van der Waals surface area (Å²) < 4.78 is 1.03. The minimum absolute atomic E-state index is 0.0508. The van der Waals surface area contributed by atoms with Gasteiger partial charge in [0, 0.05) is 15.7 Å². The van der Waals surface area contributed by atoms with Crippen molar-refractivity contribution in [3.63, 3.8) is 0 Å². The van der Waals surface area contributed by atoms with E-state index in [1.807, 2.05) is 48.5 Å². The van der Waals surface area contributed by atoms with E-state index in [-0.39, 0.29) is 5.91 Å². The lowest BCUT2D eigenvalue weighted by Gasteiger charge is -2.06. The molecule has 1 aromatic heterocycles. The first-order valence-corrected chi connectivity index (χ1v) is 11.0. The molecule has 4 nitrogen and oxygen atoms in total. The monoisotopic (exact) mass is 455 g/mol. The van der Waals surface area contributed by atoms with Gasteiger partial charge >= 0.3 is 0 Å². The van der Waals surface area contributed by atoms with Gasteiger partial charge in [0.15, 0.2) is 0 Å². The number of hydrogen-bond donors (Lipinski definition) is 1. The second-order valence-electron chi connectivity index (χ2n) is 6.40. The molecule has 0 saturated heterocycles. The van der Waals surface area contributed by atoms with Crippen LogP contribution < -0.4 is 5.32 Å². The largest absolute Gasteiger partial charge is 0.325 e. The van der Waals surface area contributed by atoms with Gasteiger partial charge in [-0.1, -0.05) is 65.3 Å². The van der Waals surface area contributed by atoms with Crippen LogP contribution in [0.3, 0.4) is 0 Å². The number of benzene rings is 2. The molecule has 0 atom stereocenters. The molecular weight excluding hydrogens is 434 g/mol. The van der Waals surface area contributed by atoms with Gasteiger partial charge in [0.25, 0.3) is 0 Å². The summed E-state index contributed by atoms with van der Waals surface area (Å²) in [6.07, 6.45) is 3.45. The molecule has 0 radical (unpaired) electrons. The Hall–Kier alpha value is -2.18. The quantitative estimate of drug-likeness (QED) is 0.424. The summed E-state index contributed by atoms with van der Waals surface area (Å²) in [5, 5.41) is 12.1. The molecule has 0 aliphatic carbocycles. The Morgan fingerprint density at radius 2 is 1.75 bits per heavy atom. The number of carbonyl (C=O) groups is 1. The molecule has 6 heteroatoms. The Morgan fingerprint density at radius 1 is 1.00 bits per heavy atom. The lowest BCUT2D eigenvalue weighted by atomic mass is 10.1. The zero-order valence-electron chi connectivity index (χ0n) is 15.7. The summed E-state index contributed by atoms with van der Waals surface area (Å²) in [5.74, 6) is 0.245. The number of aryl methyl sites for hydroxylation is 1. The number of nitrogens with zero attached hydrogens (tertiary/aromatic N) is 2. The van der Waals surface area contributed by atoms with Gasteiger partial charge in [0.1, 0.15) is 5.03 Å². The average Bonchev–Trinajstić information content (AvgIpc) is 2.73. The summed E-state index contributed by atoms with van der Waals surface area (Å²) >= 11 is 4.80. The number of thioether (sulfide) groups is 1. The molecule has 0 aliphatic heterocycles. The van der Waals surface area contributed by atoms with Crippen molar-refractivity contribution in [3.05, 3.63) is 70.7 Å². The van der Waals surface area contributed by atoms with Crippen LogP contribution in [-0.4, -0.2) is 21.9 Å². The van der Waals surface area contributed by atoms with Crippen LogP contribution in [0.2, 0.25) is 0 Å². The highest BCUT2D eigenvalue weighted by atomic mass is 79.9. The van der Waals surface area contributed by atoms with Crippen molar-refractivity contribution >= 4 is 39.3 Å². The molecule has 0 aliphatic rings. The Labute approximate surface area is 178 Å². The lowest BCUT2D eigenvalue weighted by molar-refractivity contribution is -0.113. The van der Waals surface area contributed by atoms with E-state index in [1.54, 1.807) is 0 Å². The molecule has 0 spiro atoms. The topological polar surface area (TPSA) is 54.9 Å². The number of nitrogens with one attached hydrogen (secondary N) is 1. The number of hydrogen-bond acceptors (Lipinski definition) is 4. The van der Waals surface area contributed by atoms with E-state index >= 15 is 0 Å². The van der Waals surface area contributed by atoms with Gasteiger partial charge in [0.05, 0.1) is 11.4 Å². The average molecular weight is 456 g/mol. The number of unbranched alkanes of at least 4 members (excludes halogenated alkanes) is 1. The summed E-state index contributed by atoms with van der Waals surface area (Å²) in [6, 6.07) is 19.8. The minimum Gasteiger partial charge on any atom is -0.325 e. The van der Waals surface area contributed by atoms with Crippen LogP contribution in [0.5, 0.6) is 0 Å². The predicted molar refractivity (Wildman–Crippen MR) is 120 cm³/mol. The van der Waals surface area contributed by atoms with Crippen LogP contribution in [0.4, 0.5) is 5.69 Å². The van der Waals surface area contributed by atoms with Gasteiger partial charge in [-0.2, -0.15) is 0 Å². The summed E-state index contributed by atoms with van der Waals surface area (Å²) in [6.45, 7) is 2.19. The van der Waals surface area contributed by atoms with Crippen molar-refractivity contribution in [2.24, 2.45) is 0 Å². The zero-order chi connectivity index (χ0) is 19.8. The number of rotatable bonds is 8. The van der Waals surface area contributed by atoms with Crippen LogP contribution in [0.1, 0.15) is 25.3 Å². The maximum absolute atomic E-state index is 12.2. The molecule has 1 N–H and O–H groups in total. The standard InChI is InChI=1S/C22H22BrN3OS/c1-2-3-4-16-5-11-19(12-6-16)24-21(27)15-28-22-14-13-20(25-26-22)17-7-9-18(23)10-8-17/h5-14H,2-4,15H2,1H3,(H,24,27). The SMILES string of the molecule is CCCCc1ccc(NC(=O)CSc2ccc(-c3ccc(Br)cc3)nn2)cc1. The number of anilines is 1. The van der Waals surface area contributed by atoms with Gasteiger partial charge in [-0.25, -0.2) is 0 Å². The fourth-order valence-corrected chi connectivity index (χ4v) is 3.52. The fourth-order valence-electron chi connectivity index (χ4n) is 2.64. The molecule has 3 rings (SSSR count). The normalized spacial score (nSPS) is 10.6. The fraction of sp³-hybridized carbons (Fsp3) is 0.227. The van der Waals surface area contributed by atoms with E-state index in [2.05, 4.69) is 50.5 Å². The summed E-state index contributed by atoms with van der Waals surface area (Å²) in [5.41, 5.74) is 3.94. The van der Waals surface area contributed by atoms with E-state index in [9.17, 15) is 4.79 Å². The Bertz CT molecular complexity index is 897. The Morgan fingerprint density at radius 3 is 2.39 bits per heavy atom. The van der Waals surface area contributed by atoms with E-state index in [4.69, 9.17) is 0 Å². The van der Waals surface area contributed by atoms with Crippen LogP contribution in [0.15, 0.2) is 70.2 Å². The Kier molecular flexibility index (Phi) is 7.62. The van der Waals surface area contributed by atoms with E-state index in [0.717, 1.165) is 32.9 Å². The molecule has 2 aromatic carbocycles. The molecule has 0 fully saturated rings. The summed E-state index contributed by atoms with van der Waals surface area (Å²) in [7, 11) is 0. The number of aromatic nitrogens is 2. The van der Waals surface area contributed by atoms with Crippen LogP contribution in [0, 0.1) is 0 Å². The summed E-state index contributed by atoms with van der Waals surface area (Å²) in [4.78, 5) is 12.2. The van der Waals surface area contributed by atoms with Crippen molar-refractivity contribution in [1.82, 2.24) is 10.2 Å². The van der Waals surface area contributed by atoms with Gasteiger partial charge < -0.3 is 5.32 Å². The molecule has 0 saturated carbocycles. The highest BCUT2D eigenvalue weighted by Crippen LogP contribution is 2.22. The molecule has 3 aromatic rings. The van der Waals surface area contributed by atoms with Crippen molar-refractivity contribution in [2.45, 2.75) is 31.2 Å². The maximum Gasteiger partial charge on any atom is 0.234 e. The van der Waals surface area contributed by atoms with E-state index in [1.165, 1.54) is 30.2 Å². The van der Waals surface area contributed by atoms with Crippen molar-refractivity contribution in [2.75, 3.05) is 11.1 Å². The third kappa shape index (κ3) is 6.17. The van der Waals surface area contributed by atoms with Crippen molar-refractivity contribution in [3.8, 4) is 11.3 Å². The number of carbonyl (C=O) groups excluding carboxylic acids is 1. The number of amides is 1. The van der Waals surface area contributed by atoms with Gasteiger partial charge in [-0.3, -0.25) is 4.79 Å². The van der Waals surface area contributed by atoms with Gasteiger partial charge in [-0.15, -0.1) is 10.2 Å². The molecule has 0 bridgehead atoms. The highest BCUT2D eigenvalue weighted by molar-refractivity contribution is 9.10. The molecule has 28 heavy (non-hydrogen) atoms. The van der Waals surface area contributed by atoms with Crippen LogP contribution in [-0.2, 0) is 11.2 Å². The lowest BCUT2D eigenvalue weighted by Crippen LogP contribution is -2.14. The zero-order valence-corrected chi connectivity index (χ0v) is 18.1. The Balaban J connectivity index is 1.49. The third-order valence-corrected chi connectivity index (χ3v) is 5.64. The first-order chi connectivity index (χ1) is 13.6. The molecule has 144 valence electrons. The minimum atomic E-state index is -0.0508. The first kappa shape index (κ1) is 20.6. The molecule has 1 amide bonds. The van der Waals surface area contributed by atoms with Crippen molar-refractivity contribution < 1.29 is 4.79 Å². The van der Waals surface area contributed by atoms with Crippen molar-refractivity contribution in [1.29, 1.82) is 0 Å². The van der Waals surface area contributed by atoms with Gasteiger partial charge in [-0.05, 0) is 54.8 Å². The van der Waals surface area contributed by atoms with E-state index in [0.29, 0.717) is 5.75 Å². The smallest absolute Gasteiger partial charge is 0.234 e. The number of halogens is 1. The maximum atomic E-state index is 12.2. The third-order valence-electron chi connectivity index (χ3n) is 4.19. The first-order valence-electron chi connectivity index (χ1n) is 9.25. The second kappa shape index (κ2) is 10.4. The van der Waals surface area contributed by atoms with Gasteiger partial charge in [0.2, 0.25) is 5.91 Å². The molecular formula is C22H22BrN3OS. The molecule has 0 unspecified atom stereocenters. The van der Waals surface area contributed by atoms with Crippen LogP contribution >= 0.6 is 27.7 Å².